The van der Waals surface area contributed by atoms with Crippen molar-refractivity contribution in [2.75, 3.05) is 0 Å². The Labute approximate surface area is 81.3 Å². The molecule has 0 saturated carbocycles. The monoisotopic (exact) mass is 177 g/mol. The third-order valence-corrected chi connectivity index (χ3v) is 2.60. The van der Waals surface area contributed by atoms with Crippen LogP contribution < -0.4 is 0 Å². The molecule has 0 radical (unpaired) electrons. The van der Waals surface area contributed by atoms with Crippen molar-refractivity contribution in [3.05, 3.63) is 23.4 Å². The van der Waals surface area contributed by atoms with Crippen LogP contribution in [-0.4, -0.2) is 5.71 Å². The van der Waals surface area contributed by atoms with Gasteiger partial charge < -0.3 is 0 Å². The number of nitrogens with zero attached hydrogens (tertiary/aromatic N) is 1. The average molecular weight is 177 g/mol. The molecule has 0 aliphatic heterocycles. The molecule has 1 heteroatoms. The second kappa shape index (κ2) is 3.91. The highest BCUT2D eigenvalue weighted by atomic mass is 14.8. The summed E-state index contributed by atoms with van der Waals surface area (Å²) in [6.07, 6.45) is 2.32. The molecule has 0 bridgehead atoms. The van der Waals surface area contributed by atoms with Gasteiger partial charge in [0.05, 0.1) is 0 Å². The smallest absolute Gasteiger partial charge is 0.0398 e. The van der Waals surface area contributed by atoms with Gasteiger partial charge in [0.25, 0.3) is 0 Å². The lowest BCUT2D eigenvalue weighted by atomic mass is 9.96. The molecule has 1 aliphatic rings. The van der Waals surface area contributed by atoms with Crippen LogP contribution in [0.1, 0.15) is 40.5 Å². The van der Waals surface area contributed by atoms with Crippen LogP contribution in [0.25, 0.3) is 0 Å². The minimum atomic E-state index is 0.582. The lowest BCUT2D eigenvalue weighted by molar-refractivity contribution is 0.699. The summed E-state index contributed by atoms with van der Waals surface area (Å²) in [6.45, 7) is 12.4. The quantitative estimate of drug-likeness (QED) is 0.450. The van der Waals surface area contributed by atoms with Gasteiger partial charge in [0.15, 0.2) is 0 Å². The van der Waals surface area contributed by atoms with Crippen molar-refractivity contribution in [3.8, 4) is 0 Å². The minimum absolute atomic E-state index is 0.582. The normalized spacial score (nSPS) is 22.0. The number of aliphatic imine (C=N–C) groups is 1. The van der Waals surface area contributed by atoms with Crippen molar-refractivity contribution in [3.63, 3.8) is 0 Å². The van der Waals surface area contributed by atoms with Gasteiger partial charge in [0, 0.05) is 17.3 Å². The molecule has 72 valence electrons. The van der Waals surface area contributed by atoms with Crippen molar-refractivity contribution in [1.29, 1.82) is 0 Å². The van der Waals surface area contributed by atoms with Gasteiger partial charge in [0.1, 0.15) is 0 Å². The summed E-state index contributed by atoms with van der Waals surface area (Å²) in [5.74, 6) is 0.582. The van der Waals surface area contributed by atoms with E-state index in [2.05, 4.69) is 25.4 Å². The molecule has 0 aromatic heterocycles. The zero-order valence-electron chi connectivity index (χ0n) is 9.15. The fourth-order valence-corrected chi connectivity index (χ4v) is 1.93. The first-order valence-electron chi connectivity index (χ1n) is 4.89. The summed E-state index contributed by atoms with van der Waals surface area (Å²) in [7, 11) is 0. The van der Waals surface area contributed by atoms with Gasteiger partial charge in [-0.3, -0.25) is 4.99 Å². The molecule has 1 unspecified atom stereocenters. The molecule has 1 aliphatic carbocycles. The lowest BCUT2D eigenvalue weighted by Gasteiger charge is -2.09. The topological polar surface area (TPSA) is 12.4 Å². The van der Waals surface area contributed by atoms with E-state index in [0.717, 1.165) is 12.1 Å². The molecule has 0 fully saturated rings. The SMILES string of the molecule is C=C(C)C1CCC(N=C(C)C)=C1C. The lowest BCUT2D eigenvalue weighted by Crippen LogP contribution is -1.96. The summed E-state index contributed by atoms with van der Waals surface area (Å²) in [5.41, 5.74) is 5.13. The highest BCUT2D eigenvalue weighted by Crippen LogP contribution is 2.36. The van der Waals surface area contributed by atoms with Crippen molar-refractivity contribution < 1.29 is 0 Å². The fraction of sp³-hybridized carbons (Fsp3) is 0.583. The van der Waals surface area contributed by atoms with Crippen LogP contribution in [0.4, 0.5) is 0 Å². The number of rotatable bonds is 2. The Morgan fingerprint density at radius 2 is 2.00 bits per heavy atom. The van der Waals surface area contributed by atoms with Crippen LogP contribution in [0.5, 0.6) is 0 Å². The molecule has 0 aromatic carbocycles. The highest BCUT2D eigenvalue weighted by Gasteiger charge is 2.22. The van der Waals surface area contributed by atoms with Crippen molar-refractivity contribution in [2.45, 2.75) is 40.5 Å². The summed E-state index contributed by atoms with van der Waals surface area (Å²) in [4.78, 5) is 4.55. The molecule has 1 rings (SSSR count). The predicted octanol–water partition coefficient (Wildman–Crippen LogP) is 3.73. The van der Waals surface area contributed by atoms with Crippen LogP contribution >= 0.6 is 0 Å². The van der Waals surface area contributed by atoms with E-state index in [1.165, 1.54) is 23.3 Å². The molecule has 1 nitrogen and oxygen atoms in total. The van der Waals surface area contributed by atoms with Gasteiger partial charge in [0.2, 0.25) is 0 Å². The standard InChI is InChI=1S/C12H19N/c1-8(2)11-6-7-12(10(11)5)13-9(3)4/h11H,1,6-7H2,2-5H3. The third kappa shape index (κ3) is 2.30. The fourth-order valence-electron chi connectivity index (χ4n) is 1.93. The molecule has 0 spiro atoms. The van der Waals surface area contributed by atoms with Gasteiger partial charge in [-0.2, -0.15) is 0 Å². The minimum Gasteiger partial charge on any atom is -0.263 e. The van der Waals surface area contributed by atoms with E-state index < -0.39 is 0 Å². The molecule has 0 heterocycles. The highest BCUT2D eigenvalue weighted by molar-refractivity contribution is 5.80. The van der Waals surface area contributed by atoms with Gasteiger partial charge in [-0.25, -0.2) is 0 Å². The Morgan fingerprint density at radius 3 is 2.38 bits per heavy atom. The molecule has 1 atom stereocenters. The largest absolute Gasteiger partial charge is 0.263 e. The first kappa shape index (κ1) is 10.2. The Bertz CT molecular complexity index is 277. The molecule has 0 aromatic rings. The molecule has 0 N–H and O–H groups in total. The summed E-state index contributed by atoms with van der Waals surface area (Å²) >= 11 is 0. The summed E-state index contributed by atoms with van der Waals surface area (Å²) in [5, 5.41) is 0. The number of allylic oxidation sites excluding steroid dienone is 3. The van der Waals surface area contributed by atoms with Crippen molar-refractivity contribution in [2.24, 2.45) is 10.9 Å². The molecular formula is C12H19N. The maximum Gasteiger partial charge on any atom is 0.0398 e. The first-order chi connectivity index (χ1) is 6.02. The number of hydrogen-bond acceptors (Lipinski definition) is 1. The van der Waals surface area contributed by atoms with Crippen molar-refractivity contribution in [1.82, 2.24) is 0 Å². The van der Waals surface area contributed by atoms with E-state index in [0.29, 0.717) is 5.92 Å². The van der Waals surface area contributed by atoms with E-state index in [1.54, 1.807) is 0 Å². The molecule has 13 heavy (non-hydrogen) atoms. The second-order valence-electron chi connectivity index (χ2n) is 4.13. The third-order valence-electron chi connectivity index (χ3n) is 2.60. The van der Waals surface area contributed by atoms with E-state index in [9.17, 15) is 0 Å². The summed E-state index contributed by atoms with van der Waals surface area (Å²) < 4.78 is 0. The molecule has 0 saturated heterocycles. The zero-order chi connectivity index (χ0) is 10.0. The predicted molar refractivity (Wildman–Crippen MR) is 59.0 cm³/mol. The zero-order valence-corrected chi connectivity index (χ0v) is 9.15. The molecule has 0 amide bonds. The van der Waals surface area contributed by atoms with Crippen LogP contribution in [0.2, 0.25) is 0 Å². The maximum atomic E-state index is 4.55. The summed E-state index contributed by atoms with van der Waals surface area (Å²) in [6, 6.07) is 0. The van der Waals surface area contributed by atoms with Crippen LogP contribution in [0.15, 0.2) is 28.4 Å². The van der Waals surface area contributed by atoms with E-state index in [4.69, 9.17) is 0 Å². The maximum absolute atomic E-state index is 4.55. The Hall–Kier alpha value is -0.850. The van der Waals surface area contributed by atoms with Crippen molar-refractivity contribution >= 4 is 5.71 Å². The Morgan fingerprint density at radius 1 is 1.38 bits per heavy atom. The first-order valence-corrected chi connectivity index (χ1v) is 4.89. The Kier molecular flexibility index (Phi) is 3.07. The average Bonchev–Trinajstić information content (AvgIpc) is 2.32. The van der Waals surface area contributed by atoms with Crippen LogP contribution in [-0.2, 0) is 0 Å². The van der Waals surface area contributed by atoms with E-state index in [1.807, 2.05) is 13.8 Å². The van der Waals surface area contributed by atoms with Gasteiger partial charge in [-0.15, -0.1) is 0 Å². The van der Waals surface area contributed by atoms with Gasteiger partial charge in [-0.1, -0.05) is 12.2 Å². The van der Waals surface area contributed by atoms with Crippen LogP contribution in [0, 0.1) is 5.92 Å². The number of hydrogen-bond donors (Lipinski definition) is 0. The Balaban J connectivity index is 2.88. The van der Waals surface area contributed by atoms with E-state index >= 15 is 0 Å². The van der Waals surface area contributed by atoms with Gasteiger partial charge >= 0.3 is 0 Å². The van der Waals surface area contributed by atoms with Gasteiger partial charge in [-0.05, 0) is 46.1 Å². The van der Waals surface area contributed by atoms with E-state index in [-0.39, 0.29) is 0 Å². The van der Waals surface area contributed by atoms with Crippen LogP contribution in [0.3, 0.4) is 0 Å². The second-order valence-corrected chi connectivity index (χ2v) is 4.13. The molecular weight excluding hydrogens is 158 g/mol.